The van der Waals surface area contributed by atoms with Gasteiger partial charge in [-0.3, -0.25) is 14.9 Å². The summed E-state index contributed by atoms with van der Waals surface area (Å²) in [6.45, 7) is 0. The highest BCUT2D eigenvalue weighted by atomic mass is 16.6. The fraction of sp³-hybridized carbons (Fsp3) is 0.148. The maximum absolute atomic E-state index is 12.6. The van der Waals surface area contributed by atoms with Crippen LogP contribution in [0.15, 0.2) is 54.6 Å². The van der Waals surface area contributed by atoms with Crippen LogP contribution in [0.5, 0.6) is 28.7 Å². The number of carbonyl (C=O) groups excluding carboxylic acids is 1. The summed E-state index contributed by atoms with van der Waals surface area (Å²) in [6, 6.07) is 12.7. The number of amides is 1. The molecule has 0 spiro atoms. The van der Waals surface area contributed by atoms with Crippen molar-refractivity contribution >= 4 is 35.5 Å². The van der Waals surface area contributed by atoms with Gasteiger partial charge >= 0.3 is 5.69 Å². The number of nitro benzene ring substituents is 1. The van der Waals surface area contributed by atoms with Crippen molar-refractivity contribution < 1.29 is 33.8 Å². The number of nitro groups is 1. The Bertz CT molecular complexity index is 1340. The zero-order chi connectivity index (χ0) is 26.9. The normalized spacial score (nSPS) is 10.9. The van der Waals surface area contributed by atoms with Gasteiger partial charge in [-0.1, -0.05) is 30.4 Å². The average Bonchev–Trinajstić information content (AvgIpc) is 2.91. The third kappa shape index (κ3) is 6.37. The van der Waals surface area contributed by atoms with Crippen LogP contribution in [0.4, 0.5) is 11.4 Å². The SMILES string of the molecule is COc1ccc(/C=C/C(=O)Nc2c(O)cccc2/C=C/c2cc(OC)c(OC)c(OC)c2)cc1[N+](=O)[O-]. The van der Waals surface area contributed by atoms with Gasteiger partial charge in [0.2, 0.25) is 11.7 Å². The standard InChI is InChI=1S/C27H26N2O8/c1-34-22-12-9-17(14-20(22)29(32)33)10-13-25(31)28-26-19(6-5-7-21(26)30)11-8-18-15-23(35-2)27(37-4)24(16-18)36-3/h5-16,30H,1-4H3,(H,28,31)/b11-8+,13-10+. The van der Waals surface area contributed by atoms with E-state index < -0.39 is 10.8 Å². The van der Waals surface area contributed by atoms with Gasteiger partial charge in [-0.05, 0) is 41.5 Å². The number of ether oxygens (including phenoxy) is 4. The van der Waals surface area contributed by atoms with Crippen molar-refractivity contribution in [3.8, 4) is 28.7 Å². The van der Waals surface area contributed by atoms with Crippen molar-refractivity contribution in [2.24, 2.45) is 0 Å². The number of carbonyl (C=O) groups is 1. The molecule has 0 unspecified atom stereocenters. The first kappa shape index (κ1) is 26.6. The van der Waals surface area contributed by atoms with Crippen molar-refractivity contribution in [3.63, 3.8) is 0 Å². The summed E-state index contributed by atoms with van der Waals surface area (Å²) in [5, 5.41) is 24.3. The monoisotopic (exact) mass is 506 g/mol. The Balaban J connectivity index is 1.85. The molecule has 0 saturated heterocycles. The molecule has 0 radical (unpaired) electrons. The smallest absolute Gasteiger partial charge is 0.311 e. The van der Waals surface area contributed by atoms with Crippen LogP contribution in [0.3, 0.4) is 0 Å². The summed E-state index contributed by atoms with van der Waals surface area (Å²) < 4.78 is 21.1. The molecule has 0 bridgehead atoms. The predicted octanol–water partition coefficient (Wildman–Crippen LogP) is 5.16. The summed E-state index contributed by atoms with van der Waals surface area (Å²) in [5.74, 6) is 0.867. The molecule has 3 aromatic carbocycles. The Labute approximate surface area is 213 Å². The van der Waals surface area contributed by atoms with E-state index in [2.05, 4.69) is 5.32 Å². The van der Waals surface area contributed by atoms with Crippen LogP contribution in [0.25, 0.3) is 18.2 Å². The second-order valence-corrected chi connectivity index (χ2v) is 7.54. The van der Waals surface area contributed by atoms with Gasteiger partial charge in [-0.15, -0.1) is 0 Å². The number of nitrogens with one attached hydrogen (secondary N) is 1. The molecule has 3 rings (SSSR count). The van der Waals surface area contributed by atoms with Crippen LogP contribution in [-0.4, -0.2) is 44.4 Å². The number of benzene rings is 3. The zero-order valence-electron chi connectivity index (χ0n) is 20.7. The second-order valence-electron chi connectivity index (χ2n) is 7.54. The molecular formula is C27H26N2O8. The number of hydrogen-bond donors (Lipinski definition) is 2. The molecule has 0 fully saturated rings. The molecule has 2 N–H and O–H groups in total. The van der Waals surface area contributed by atoms with Crippen LogP contribution < -0.4 is 24.3 Å². The molecule has 0 aliphatic rings. The van der Waals surface area contributed by atoms with Crippen molar-refractivity contribution in [2.75, 3.05) is 33.8 Å². The van der Waals surface area contributed by atoms with Crippen molar-refractivity contribution in [1.29, 1.82) is 0 Å². The number of rotatable bonds is 10. The van der Waals surface area contributed by atoms with Gasteiger partial charge in [-0.25, -0.2) is 0 Å². The maximum Gasteiger partial charge on any atom is 0.311 e. The van der Waals surface area contributed by atoms with Gasteiger partial charge in [0.15, 0.2) is 17.2 Å². The van der Waals surface area contributed by atoms with Crippen LogP contribution in [-0.2, 0) is 4.79 Å². The molecule has 0 aromatic heterocycles. The highest BCUT2D eigenvalue weighted by molar-refractivity contribution is 6.04. The molecule has 10 heteroatoms. The van der Waals surface area contributed by atoms with Gasteiger partial charge in [0.1, 0.15) is 5.75 Å². The second kappa shape index (κ2) is 12.1. The number of anilines is 1. The third-order valence-corrected chi connectivity index (χ3v) is 5.29. The summed E-state index contributed by atoms with van der Waals surface area (Å²) in [6.07, 6.45) is 6.12. The highest BCUT2D eigenvalue weighted by Crippen LogP contribution is 2.39. The molecule has 0 saturated carbocycles. The average molecular weight is 507 g/mol. The first-order valence-electron chi connectivity index (χ1n) is 10.9. The lowest BCUT2D eigenvalue weighted by atomic mass is 10.1. The molecule has 1 amide bonds. The van der Waals surface area contributed by atoms with Crippen LogP contribution in [0.2, 0.25) is 0 Å². The molecule has 0 aliphatic carbocycles. The first-order valence-corrected chi connectivity index (χ1v) is 10.9. The molecule has 0 aliphatic heterocycles. The number of para-hydroxylation sites is 1. The van der Waals surface area contributed by atoms with Gasteiger partial charge in [0, 0.05) is 17.7 Å². The van der Waals surface area contributed by atoms with Crippen molar-refractivity contribution in [3.05, 3.63) is 81.4 Å². The number of aromatic hydroxyl groups is 1. The lowest BCUT2D eigenvalue weighted by molar-refractivity contribution is -0.385. The van der Waals surface area contributed by atoms with Gasteiger partial charge < -0.3 is 29.4 Å². The van der Waals surface area contributed by atoms with E-state index in [1.165, 1.54) is 58.8 Å². The van der Waals surface area contributed by atoms with E-state index in [9.17, 15) is 20.0 Å². The third-order valence-electron chi connectivity index (χ3n) is 5.29. The van der Waals surface area contributed by atoms with Crippen LogP contribution in [0.1, 0.15) is 16.7 Å². The zero-order valence-corrected chi connectivity index (χ0v) is 20.7. The van der Waals surface area contributed by atoms with E-state index in [0.717, 1.165) is 5.56 Å². The molecule has 3 aromatic rings. The minimum Gasteiger partial charge on any atom is -0.506 e. The van der Waals surface area contributed by atoms with E-state index in [1.807, 2.05) is 0 Å². The number of phenols is 1. The fourth-order valence-corrected chi connectivity index (χ4v) is 3.51. The molecular weight excluding hydrogens is 480 g/mol. The topological polar surface area (TPSA) is 129 Å². The minimum atomic E-state index is -0.565. The van der Waals surface area contributed by atoms with Crippen molar-refractivity contribution in [1.82, 2.24) is 0 Å². The number of phenolic OH excluding ortho intramolecular Hbond substituents is 1. The largest absolute Gasteiger partial charge is 0.506 e. The lowest BCUT2D eigenvalue weighted by Crippen LogP contribution is -2.09. The Kier molecular flexibility index (Phi) is 8.71. The number of methoxy groups -OCH3 is 4. The summed E-state index contributed by atoms with van der Waals surface area (Å²) in [4.78, 5) is 23.3. The fourth-order valence-electron chi connectivity index (χ4n) is 3.51. The Morgan fingerprint density at radius 2 is 1.54 bits per heavy atom. The number of hydrogen-bond acceptors (Lipinski definition) is 8. The van der Waals surface area contributed by atoms with Gasteiger partial charge in [0.25, 0.3) is 0 Å². The molecule has 37 heavy (non-hydrogen) atoms. The van der Waals surface area contributed by atoms with E-state index in [1.54, 1.807) is 42.5 Å². The van der Waals surface area contributed by atoms with E-state index in [4.69, 9.17) is 18.9 Å². The van der Waals surface area contributed by atoms with Crippen molar-refractivity contribution in [2.45, 2.75) is 0 Å². The van der Waals surface area contributed by atoms with E-state index in [0.29, 0.717) is 28.4 Å². The Morgan fingerprint density at radius 3 is 2.14 bits per heavy atom. The highest BCUT2D eigenvalue weighted by Gasteiger charge is 2.15. The predicted molar refractivity (Wildman–Crippen MR) is 140 cm³/mol. The quantitative estimate of drug-likeness (QED) is 0.127. The summed E-state index contributed by atoms with van der Waals surface area (Å²) in [7, 11) is 5.89. The van der Waals surface area contributed by atoms with Crippen LogP contribution in [0, 0.1) is 10.1 Å². The lowest BCUT2D eigenvalue weighted by Gasteiger charge is -2.13. The van der Waals surface area contributed by atoms with Gasteiger partial charge in [0.05, 0.1) is 39.0 Å². The van der Waals surface area contributed by atoms with Crippen LogP contribution >= 0.6 is 0 Å². The van der Waals surface area contributed by atoms with Gasteiger partial charge in [-0.2, -0.15) is 0 Å². The number of nitrogens with zero attached hydrogens (tertiary/aromatic N) is 1. The molecule has 10 nitrogen and oxygen atoms in total. The van der Waals surface area contributed by atoms with E-state index >= 15 is 0 Å². The Hall–Kier alpha value is -4.99. The Morgan fingerprint density at radius 1 is 0.865 bits per heavy atom. The molecule has 192 valence electrons. The minimum absolute atomic E-state index is 0.115. The summed E-state index contributed by atoms with van der Waals surface area (Å²) in [5.41, 5.74) is 1.68. The molecule has 0 heterocycles. The van der Waals surface area contributed by atoms with E-state index in [-0.39, 0.29) is 22.9 Å². The summed E-state index contributed by atoms with van der Waals surface area (Å²) >= 11 is 0. The molecule has 0 atom stereocenters. The first-order chi connectivity index (χ1) is 17.8. The maximum atomic E-state index is 12.6.